The van der Waals surface area contributed by atoms with Crippen molar-refractivity contribution in [1.82, 2.24) is 9.78 Å². The van der Waals surface area contributed by atoms with E-state index >= 15 is 0 Å². The van der Waals surface area contributed by atoms with Crippen molar-refractivity contribution in [3.8, 4) is 11.5 Å². The van der Waals surface area contributed by atoms with Crippen LogP contribution in [-0.2, 0) is 17.9 Å². The van der Waals surface area contributed by atoms with Gasteiger partial charge in [-0.1, -0.05) is 18.2 Å². The first-order valence-electron chi connectivity index (χ1n) is 9.56. The van der Waals surface area contributed by atoms with Crippen molar-refractivity contribution in [3.63, 3.8) is 0 Å². The highest BCUT2D eigenvalue weighted by Gasteiger charge is 2.16. The van der Waals surface area contributed by atoms with Crippen LogP contribution in [0.5, 0.6) is 11.5 Å². The Morgan fingerprint density at radius 1 is 1.14 bits per heavy atom. The number of ether oxygens (including phenoxy) is 3. The van der Waals surface area contributed by atoms with E-state index in [2.05, 4.69) is 5.10 Å². The normalized spacial score (nSPS) is 12.9. The van der Waals surface area contributed by atoms with Crippen molar-refractivity contribution in [3.05, 3.63) is 64.1 Å². The highest BCUT2D eigenvalue weighted by atomic mass is 16.7. The molecule has 5 rings (SSSR count). The summed E-state index contributed by atoms with van der Waals surface area (Å²) in [6.07, 6.45) is 0.780. The minimum Gasteiger partial charge on any atom is -0.454 e. The summed E-state index contributed by atoms with van der Waals surface area (Å²) in [4.78, 5) is 12.4. The quantitative estimate of drug-likeness (QED) is 0.367. The summed E-state index contributed by atoms with van der Waals surface area (Å²) in [7, 11) is 0. The molecule has 1 aliphatic rings. The van der Waals surface area contributed by atoms with Crippen LogP contribution in [-0.4, -0.2) is 23.2 Å². The Bertz CT molecular complexity index is 1260. The molecule has 0 unspecified atom stereocenters. The van der Waals surface area contributed by atoms with Gasteiger partial charge in [-0.05, 0) is 43.2 Å². The Labute approximate surface area is 166 Å². The predicted molar refractivity (Wildman–Crippen MR) is 107 cm³/mol. The van der Waals surface area contributed by atoms with E-state index in [1.165, 1.54) is 0 Å². The van der Waals surface area contributed by atoms with Crippen LogP contribution in [0, 0.1) is 6.92 Å². The topological polar surface area (TPSA) is 75.7 Å². The van der Waals surface area contributed by atoms with Crippen LogP contribution in [0.25, 0.3) is 21.9 Å². The molecule has 2 aromatic heterocycles. The standard InChI is InChI=1S/C22H20N2O5/c1-14-20-21(16-5-2-3-6-17(16)29-22(20)25)23-24(14)9-4-10-26-12-15-7-8-18-19(11-15)28-13-27-18/h2-3,5-8,11H,4,9-10,12-13H2,1H3. The average molecular weight is 392 g/mol. The molecule has 0 atom stereocenters. The van der Waals surface area contributed by atoms with Gasteiger partial charge in [0.1, 0.15) is 16.5 Å². The second-order valence-corrected chi connectivity index (χ2v) is 7.01. The van der Waals surface area contributed by atoms with Crippen molar-refractivity contribution < 1.29 is 18.6 Å². The number of hydrogen-bond donors (Lipinski definition) is 0. The Hall–Kier alpha value is -3.32. The zero-order valence-electron chi connectivity index (χ0n) is 16.0. The molecule has 0 fully saturated rings. The van der Waals surface area contributed by atoms with Gasteiger partial charge in [-0.25, -0.2) is 4.79 Å². The molecule has 0 saturated carbocycles. The number of aromatic nitrogens is 2. The lowest BCUT2D eigenvalue weighted by molar-refractivity contribution is 0.114. The fourth-order valence-corrected chi connectivity index (χ4v) is 3.64. The first-order valence-corrected chi connectivity index (χ1v) is 9.56. The Balaban J connectivity index is 1.25. The summed E-state index contributed by atoms with van der Waals surface area (Å²) in [5, 5.41) is 6.06. The van der Waals surface area contributed by atoms with Crippen LogP contribution in [0.2, 0.25) is 0 Å². The maximum Gasteiger partial charge on any atom is 0.347 e. The molecule has 0 aliphatic carbocycles. The van der Waals surface area contributed by atoms with Crippen molar-refractivity contribution in [2.24, 2.45) is 0 Å². The second kappa shape index (κ2) is 7.25. The average Bonchev–Trinajstić information content (AvgIpc) is 3.32. The summed E-state index contributed by atoms with van der Waals surface area (Å²) in [5.74, 6) is 1.53. The summed E-state index contributed by atoms with van der Waals surface area (Å²) in [6, 6.07) is 13.3. The number of rotatable bonds is 6. The zero-order valence-corrected chi connectivity index (χ0v) is 16.0. The third kappa shape index (κ3) is 3.23. The summed E-state index contributed by atoms with van der Waals surface area (Å²) in [5.41, 5.74) is 2.76. The maximum absolute atomic E-state index is 12.4. The van der Waals surface area contributed by atoms with Crippen LogP contribution in [0.15, 0.2) is 51.7 Å². The summed E-state index contributed by atoms with van der Waals surface area (Å²) in [6.45, 7) is 3.92. The number of nitrogens with zero attached hydrogens (tertiary/aromatic N) is 2. The molecule has 0 N–H and O–H groups in total. The van der Waals surface area contributed by atoms with Gasteiger partial charge >= 0.3 is 5.63 Å². The minimum absolute atomic E-state index is 0.269. The molecule has 7 heteroatoms. The third-order valence-corrected chi connectivity index (χ3v) is 5.12. The fraction of sp³-hybridized carbons (Fsp3) is 0.273. The van der Waals surface area contributed by atoms with Gasteiger partial charge in [0.25, 0.3) is 0 Å². The second-order valence-electron chi connectivity index (χ2n) is 7.01. The molecule has 0 saturated heterocycles. The molecule has 0 amide bonds. The molecule has 1 aliphatic heterocycles. The number of hydrogen-bond acceptors (Lipinski definition) is 6. The van der Waals surface area contributed by atoms with E-state index in [-0.39, 0.29) is 12.4 Å². The molecule has 4 aromatic rings. The molecular weight excluding hydrogens is 372 g/mol. The van der Waals surface area contributed by atoms with Crippen LogP contribution in [0.3, 0.4) is 0 Å². The fourth-order valence-electron chi connectivity index (χ4n) is 3.64. The van der Waals surface area contributed by atoms with Crippen LogP contribution in [0.1, 0.15) is 17.7 Å². The van der Waals surface area contributed by atoms with Crippen molar-refractivity contribution in [2.45, 2.75) is 26.5 Å². The van der Waals surface area contributed by atoms with E-state index in [1.54, 1.807) is 6.07 Å². The smallest absolute Gasteiger partial charge is 0.347 e. The Kier molecular flexibility index (Phi) is 4.44. The molecule has 3 heterocycles. The molecule has 0 radical (unpaired) electrons. The third-order valence-electron chi connectivity index (χ3n) is 5.12. The monoisotopic (exact) mass is 392 g/mol. The maximum atomic E-state index is 12.4. The van der Waals surface area contributed by atoms with Crippen LogP contribution in [0.4, 0.5) is 0 Å². The van der Waals surface area contributed by atoms with Crippen molar-refractivity contribution in [1.29, 1.82) is 0 Å². The van der Waals surface area contributed by atoms with Gasteiger partial charge in [0.05, 0.1) is 12.3 Å². The lowest BCUT2D eigenvalue weighted by Gasteiger charge is -2.07. The minimum atomic E-state index is -0.346. The number of aryl methyl sites for hydroxylation is 2. The Morgan fingerprint density at radius 3 is 2.93 bits per heavy atom. The van der Waals surface area contributed by atoms with E-state index in [0.717, 1.165) is 34.6 Å². The van der Waals surface area contributed by atoms with Gasteiger partial charge in [0.15, 0.2) is 11.5 Å². The predicted octanol–water partition coefficient (Wildman–Crippen LogP) is 3.79. The lowest BCUT2D eigenvalue weighted by atomic mass is 10.2. The van der Waals surface area contributed by atoms with E-state index in [1.807, 2.05) is 48.0 Å². The van der Waals surface area contributed by atoms with Gasteiger partial charge in [0.2, 0.25) is 6.79 Å². The molecule has 0 spiro atoms. The number of benzene rings is 2. The zero-order chi connectivity index (χ0) is 19.8. The molecule has 0 bridgehead atoms. The lowest BCUT2D eigenvalue weighted by Crippen LogP contribution is -2.06. The van der Waals surface area contributed by atoms with E-state index in [4.69, 9.17) is 18.6 Å². The number of fused-ring (bicyclic) bond motifs is 4. The highest BCUT2D eigenvalue weighted by molar-refractivity contribution is 6.02. The van der Waals surface area contributed by atoms with E-state index in [0.29, 0.717) is 36.2 Å². The molecule has 29 heavy (non-hydrogen) atoms. The van der Waals surface area contributed by atoms with Gasteiger partial charge in [-0.15, -0.1) is 0 Å². The van der Waals surface area contributed by atoms with Gasteiger partial charge in [-0.3, -0.25) is 4.68 Å². The largest absolute Gasteiger partial charge is 0.454 e. The van der Waals surface area contributed by atoms with E-state index < -0.39 is 0 Å². The van der Waals surface area contributed by atoms with Gasteiger partial charge < -0.3 is 18.6 Å². The van der Waals surface area contributed by atoms with Crippen LogP contribution >= 0.6 is 0 Å². The molecule has 7 nitrogen and oxygen atoms in total. The highest BCUT2D eigenvalue weighted by Crippen LogP contribution is 2.32. The van der Waals surface area contributed by atoms with E-state index in [9.17, 15) is 4.79 Å². The summed E-state index contributed by atoms with van der Waals surface area (Å²) < 4.78 is 23.8. The van der Waals surface area contributed by atoms with Crippen molar-refractivity contribution in [2.75, 3.05) is 13.4 Å². The van der Waals surface area contributed by atoms with Gasteiger partial charge in [-0.2, -0.15) is 5.10 Å². The summed E-state index contributed by atoms with van der Waals surface area (Å²) >= 11 is 0. The molecule has 2 aromatic carbocycles. The first kappa shape index (κ1) is 17.8. The Morgan fingerprint density at radius 2 is 2.00 bits per heavy atom. The van der Waals surface area contributed by atoms with Crippen LogP contribution < -0.4 is 15.1 Å². The SMILES string of the molecule is Cc1c2c(=O)oc3ccccc3c2nn1CCCOCc1ccc2c(c1)OCO2. The molecule has 148 valence electrons. The molecular formula is C22H20N2O5. The van der Waals surface area contributed by atoms with Gasteiger partial charge in [0, 0.05) is 18.5 Å². The number of para-hydroxylation sites is 1. The van der Waals surface area contributed by atoms with Crippen molar-refractivity contribution >= 4 is 21.9 Å². The first-order chi connectivity index (χ1) is 14.2.